The summed E-state index contributed by atoms with van der Waals surface area (Å²) < 4.78 is 1.94. The Morgan fingerprint density at radius 2 is 2.06 bits per heavy atom. The fraction of sp³-hybridized carbons (Fsp3) is 0.429. The Bertz CT molecular complexity index is 528. The third-order valence-electron chi connectivity index (χ3n) is 2.97. The van der Waals surface area contributed by atoms with Gasteiger partial charge in [0.15, 0.2) is 0 Å². The number of hydrogen-bond donors (Lipinski definition) is 1. The number of rotatable bonds is 4. The van der Waals surface area contributed by atoms with Crippen LogP contribution in [0.15, 0.2) is 24.5 Å². The van der Waals surface area contributed by atoms with Gasteiger partial charge in [-0.05, 0) is 44.9 Å². The van der Waals surface area contributed by atoms with E-state index in [0.717, 1.165) is 11.5 Å². The molecule has 1 heterocycles. The van der Waals surface area contributed by atoms with Crippen LogP contribution in [0.1, 0.15) is 36.8 Å². The lowest BCUT2D eigenvalue weighted by atomic mass is 10.1. The summed E-state index contributed by atoms with van der Waals surface area (Å²) in [5.41, 5.74) is 3.66. The van der Waals surface area contributed by atoms with Crippen LogP contribution in [0, 0.1) is 13.8 Å². The van der Waals surface area contributed by atoms with E-state index in [2.05, 4.69) is 61.3 Å². The normalized spacial score (nSPS) is 10.9. The molecule has 0 amide bonds. The fourth-order valence-electron chi connectivity index (χ4n) is 1.93. The minimum absolute atomic E-state index is 0.336. The summed E-state index contributed by atoms with van der Waals surface area (Å²) in [6, 6.07) is 6.75. The molecule has 0 saturated carbocycles. The Kier molecular flexibility index (Phi) is 3.65. The second-order valence-corrected chi connectivity index (χ2v) is 4.89. The molecule has 0 aliphatic rings. The molecule has 96 valence electrons. The Balaban J connectivity index is 2.11. The summed E-state index contributed by atoms with van der Waals surface area (Å²) in [6.45, 7) is 9.12. The van der Waals surface area contributed by atoms with Crippen LogP contribution in [0.3, 0.4) is 0 Å². The van der Waals surface area contributed by atoms with Crippen molar-refractivity contribution in [1.29, 1.82) is 0 Å². The van der Waals surface area contributed by atoms with Crippen molar-refractivity contribution in [2.45, 2.75) is 40.3 Å². The number of nitrogens with zero attached hydrogens (tertiary/aromatic N) is 3. The SMILES string of the molecule is Cc1ccc(C)c(NCc2ncnn2C(C)C)c1. The molecule has 4 nitrogen and oxygen atoms in total. The molecule has 1 aromatic heterocycles. The highest BCUT2D eigenvalue weighted by Gasteiger charge is 2.07. The van der Waals surface area contributed by atoms with E-state index in [4.69, 9.17) is 0 Å². The van der Waals surface area contributed by atoms with Crippen molar-refractivity contribution in [2.24, 2.45) is 0 Å². The van der Waals surface area contributed by atoms with E-state index in [1.807, 2.05) is 4.68 Å². The van der Waals surface area contributed by atoms with Crippen LogP contribution in [0.5, 0.6) is 0 Å². The van der Waals surface area contributed by atoms with Gasteiger partial charge in [0.1, 0.15) is 12.2 Å². The second-order valence-electron chi connectivity index (χ2n) is 4.89. The van der Waals surface area contributed by atoms with Crippen molar-refractivity contribution in [3.05, 3.63) is 41.5 Å². The molecule has 0 radical (unpaired) electrons. The first-order valence-electron chi connectivity index (χ1n) is 6.27. The van der Waals surface area contributed by atoms with Gasteiger partial charge in [0.2, 0.25) is 0 Å². The summed E-state index contributed by atoms with van der Waals surface area (Å²) in [5, 5.41) is 7.66. The van der Waals surface area contributed by atoms with Crippen LogP contribution in [0.2, 0.25) is 0 Å². The minimum Gasteiger partial charge on any atom is -0.378 e. The van der Waals surface area contributed by atoms with E-state index >= 15 is 0 Å². The van der Waals surface area contributed by atoms with Gasteiger partial charge >= 0.3 is 0 Å². The first-order valence-corrected chi connectivity index (χ1v) is 6.27. The topological polar surface area (TPSA) is 42.7 Å². The van der Waals surface area contributed by atoms with Crippen LogP contribution in [-0.4, -0.2) is 14.8 Å². The molecule has 0 fully saturated rings. The molecule has 0 saturated heterocycles. The molecule has 0 atom stereocenters. The molecular formula is C14H20N4. The van der Waals surface area contributed by atoms with E-state index < -0.39 is 0 Å². The van der Waals surface area contributed by atoms with Crippen LogP contribution in [0.4, 0.5) is 5.69 Å². The Morgan fingerprint density at radius 3 is 2.78 bits per heavy atom. The maximum absolute atomic E-state index is 4.29. The van der Waals surface area contributed by atoms with Gasteiger partial charge in [-0.3, -0.25) is 0 Å². The lowest BCUT2D eigenvalue weighted by Gasteiger charge is -2.12. The summed E-state index contributed by atoms with van der Waals surface area (Å²) in [6.07, 6.45) is 1.61. The quantitative estimate of drug-likeness (QED) is 0.898. The van der Waals surface area contributed by atoms with E-state index in [9.17, 15) is 0 Å². The van der Waals surface area contributed by atoms with Gasteiger partial charge in [0.25, 0.3) is 0 Å². The zero-order valence-corrected chi connectivity index (χ0v) is 11.4. The van der Waals surface area contributed by atoms with Gasteiger partial charge in [0, 0.05) is 11.7 Å². The summed E-state index contributed by atoms with van der Waals surface area (Å²) >= 11 is 0. The van der Waals surface area contributed by atoms with Crippen LogP contribution in [-0.2, 0) is 6.54 Å². The maximum Gasteiger partial charge on any atom is 0.146 e. The third-order valence-corrected chi connectivity index (χ3v) is 2.97. The highest BCUT2D eigenvalue weighted by molar-refractivity contribution is 5.52. The number of benzene rings is 1. The largest absolute Gasteiger partial charge is 0.378 e. The zero-order valence-electron chi connectivity index (χ0n) is 11.4. The van der Waals surface area contributed by atoms with Crippen LogP contribution in [0.25, 0.3) is 0 Å². The molecule has 18 heavy (non-hydrogen) atoms. The maximum atomic E-state index is 4.29. The fourth-order valence-corrected chi connectivity index (χ4v) is 1.93. The zero-order chi connectivity index (χ0) is 13.1. The Labute approximate surface area is 108 Å². The number of aryl methyl sites for hydroxylation is 2. The van der Waals surface area contributed by atoms with E-state index in [-0.39, 0.29) is 0 Å². The highest BCUT2D eigenvalue weighted by Crippen LogP contribution is 2.17. The second kappa shape index (κ2) is 5.21. The lowest BCUT2D eigenvalue weighted by Crippen LogP contribution is -2.12. The molecule has 0 aliphatic heterocycles. The monoisotopic (exact) mass is 244 g/mol. The van der Waals surface area contributed by atoms with Gasteiger partial charge in [-0.1, -0.05) is 12.1 Å². The lowest BCUT2D eigenvalue weighted by molar-refractivity contribution is 0.509. The van der Waals surface area contributed by atoms with E-state index in [1.54, 1.807) is 6.33 Å². The summed E-state index contributed by atoms with van der Waals surface area (Å²) in [5.74, 6) is 0.964. The molecule has 0 aliphatic carbocycles. The van der Waals surface area contributed by atoms with Gasteiger partial charge in [0.05, 0.1) is 6.54 Å². The molecule has 0 unspecified atom stereocenters. The number of aromatic nitrogens is 3. The average molecular weight is 244 g/mol. The van der Waals surface area contributed by atoms with Crippen molar-refractivity contribution in [1.82, 2.24) is 14.8 Å². The molecule has 4 heteroatoms. The number of anilines is 1. The summed E-state index contributed by atoms with van der Waals surface area (Å²) in [4.78, 5) is 4.29. The van der Waals surface area contributed by atoms with Gasteiger partial charge in [-0.15, -0.1) is 0 Å². The van der Waals surface area contributed by atoms with Crippen molar-refractivity contribution in [2.75, 3.05) is 5.32 Å². The Hall–Kier alpha value is -1.84. The Morgan fingerprint density at radius 1 is 1.28 bits per heavy atom. The standard InChI is InChI=1S/C14H20N4/c1-10(2)18-14(16-9-17-18)8-15-13-7-11(3)5-6-12(13)4/h5-7,9-10,15H,8H2,1-4H3. The van der Waals surface area contributed by atoms with Crippen LogP contribution < -0.4 is 5.32 Å². The predicted octanol–water partition coefficient (Wildman–Crippen LogP) is 3.09. The van der Waals surface area contributed by atoms with Crippen molar-refractivity contribution < 1.29 is 0 Å². The minimum atomic E-state index is 0.336. The summed E-state index contributed by atoms with van der Waals surface area (Å²) in [7, 11) is 0. The molecule has 2 aromatic rings. The van der Waals surface area contributed by atoms with Crippen molar-refractivity contribution in [3.8, 4) is 0 Å². The van der Waals surface area contributed by atoms with Crippen LogP contribution >= 0.6 is 0 Å². The van der Waals surface area contributed by atoms with Crippen molar-refractivity contribution >= 4 is 5.69 Å². The third kappa shape index (κ3) is 2.70. The smallest absolute Gasteiger partial charge is 0.146 e. The number of nitrogens with one attached hydrogen (secondary N) is 1. The van der Waals surface area contributed by atoms with Gasteiger partial charge < -0.3 is 5.32 Å². The molecule has 1 aromatic carbocycles. The average Bonchev–Trinajstić information content (AvgIpc) is 2.79. The predicted molar refractivity (Wildman–Crippen MR) is 73.6 cm³/mol. The number of hydrogen-bond acceptors (Lipinski definition) is 3. The van der Waals surface area contributed by atoms with Gasteiger partial charge in [-0.25, -0.2) is 9.67 Å². The molecule has 2 rings (SSSR count). The molecule has 0 bridgehead atoms. The molecule has 0 spiro atoms. The highest BCUT2D eigenvalue weighted by atomic mass is 15.4. The molecule has 1 N–H and O–H groups in total. The van der Waals surface area contributed by atoms with Gasteiger partial charge in [-0.2, -0.15) is 5.10 Å². The van der Waals surface area contributed by atoms with E-state index in [0.29, 0.717) is 12.6 Å². The molecular weight excluding hydrogens is 224 g/mol. The van der Waals surface area contributed by atoms with Crippen molar-refractivity contribution in [3.63, 3.8) is 0 Å². The first-order chi connectivity index (χ1) is 8.58. The first kappa shape index (κ1) is 12.6. The van der Waals surface area contributed by atoms with E-state index in [1.165, 1.54) is 11.1 Å².